The average Bonchev–Trinajstić information content (AvgIpc) is 3.70. The van der Waals surface area contributed by atoms with Crippen LogP contribution in [-0.4, -0.2) is 19.6 Å². The summed E-state index contributed by atoms with van der Waals surface area (Å²) in [6.07, 6.45) is 5.00. The zero-order valence-electron chi connectivity index (χ0n) is 20.0. The monoisotopic (exact) mass is 471 g/mol. The summed E-state index contributed by atoms with van der Waals surface area (Å²) in [4.78, 5) is 9.36. The lowest BCUT2D eigenvalue weighted by atomic mass is 10.0. The lowest BCUT2D eigenvalue weighted by Crippen LogP contribution is -1.98. The molecule has 1 aliphatic carbocycles. The Bertz CT molecular complexity index is 1770. The highest BCUT2D eigenvalue weighted by molar-refractivity contribution is 6.11. The molecular weight excluding hydrogens is 446 g/mol. The SMILES string of the molecule is CCc1cc(Oc2cc(C3CC3)c3cccc(O)c3n2)cc2c1c1ccccc1n2-c1ccccn1. The summed E-state index contributed by atoms with van der Waals surface area (Å²) in [6.45, 7) is 2.17. The first-order valence-electron chi connectivity index (χ1n) is 12.5. The Hall–Kier alpha value is -4.38. The van der Waals surface area contributed by atoms with Crippen molar-refractivity contribution in [3.63, 3.8) is 0 Å². The zero-order valence-corrected chi connectivity index (χ0v) is 20.0. The Kier molecular flexibility index (Phi) is 4.71. The highest BCUT2D eigenvalue weighted by Gasteiger charge is 2.27. The van der Waals surface area contributed by atoms with E-state index < -0.39 is 0 Å². The molecule has 0 amide bonds. The van der Waals surface area contributed by atoms with E-state index in [1.54, 1.807) is 6.07 Å². The van der Waals surface area contributed by atoms with Crippen molar-refractivity contribution in [1.82, 2.24) is 14.5 Å². The molecule has 0 bridgehead atoms. The summed E-state index contributed by atoms with van der Waals surface area (Å²) in [5.74, 6) is 2.78. The maximum atomic E-state index is 10.5. The van der Waals surface area contributed by atoms with Crippen LogP contribution in [0.4, 0.5) is 0 Å². The number of aryl methyl sites for hydroxylation is 1. The summed E-state index contributed by atoms with van der Waals surface area (Å²) in [7, 11) is 0. The summed E-state index contributed by atoms with van der Waals surface area (Å²) in [5, 5.41) is 13.9. The third-order valence-corrected chi connectivity index (χ3v) is 7.15. The Balaban J connectivity index is 1.44. The maximum absolute atomic E-state index is 10.5. The summed E-state index contributed by atoms with van der Waals surface area (Å²) in [5.41, 5.74) is 5.17. The molecule has 1 aliphatic rings. The summed E-state index contributed by atoms with van der Waals surface area (Å²) < 4.78 is 8.64. The Labute approximate surface area is 208 Å². The highest BCUT2D eigenvalue weighted by Crippen LogP contribution is 2.45. The lowest BCUT2D eigenvalue weighted by Gasteiger charge is -2.13. The summed E-state index contributed by atoms with van der Waals surface area (Å²) >= 11 is 0. The van der Waals surface area contributed by atoms with E-state index in [-0.39, 0.29) is 5.75 Å². The molecule has 1 saturated carbocycles. The van der Waals surface area contributed by atoms with Crippen LogP contribution in [0, 0.1) is 0 Å². The minimum atomic E-state index is 0.180. The van der Waals surface area contributed by atoms with Crippen LogP contribution in [0.25, 0.3) is 38.5 Å². The number of pyridine rings is 2. The van der Waals surface area contributed by atoms with Gasteiger partial charge in [-0.25, -0.2) is 9.97 Å². The van der Waals surface area contributed by atoms with Gasteiger partial charge in [0.2, 0.25) is 5.88 Å². The molecule has 36 heavy (non-hydrogen) atoms. The predicted octanol–water partition coefficient (Wildman–Crippen LogP) is 7.66. The Morgan fingerprint density at radius 3 is 2.56 bits per heavy atom. The molecule has 5 heteroatoms. The van der Waals surface area contributed by atoms with Crippen molar-refractivity contribution < 1.29 is 9.84 Å². The van der Waals surface area contributed by atoms with Gasteiger partial charge in [0.05, 0.1) is 11.0 Å². The molecule has 1 N–H and O–H groups in total. The molecule has 0 atom stereocenters. The normalized spacial score (nSPS) is 13.6. The third-order valence-electron chi connectivity index (χ3n) is 7.15. The van der Waals surface area contributed by atoms with Gasteiger partial charge in [0, 0.05) is 34.5 Å². The molecule has 0 unspecified atom stereocenters. The number of aromatic nitrogens is 3. The molecule has 1 fully saturated rings. The molecule has 7 rings (SSSR count). The number of hydrogen-bond acceptors (Lipinski definition) is 4. The molecule has 0 saturated heterocycles. The number of ether oxygens (including phenoxy) is 1. The van der Waals surface area contributed by atoms with Crippen LogP contribution >= 0.6 is 0 Å². The number of rotatable bonds is 5. The van der Waals surface area contributed by atoms with Crippen molar-refractivity contribution in [1.29, 1.82) is 0 Å². The fraction of sp³-hybridized carbons (Fsp3) is 0.161. The number of phenols is 1. The minimum absolute atomic E-state index is 0.180. The number of aromatic hydroxyl groups is 1. The van der Waals surface area contributed by atoms with Gasteiger partial charge in [-0.2, -0.15) is 0 Å². The van der Waals surface area contributed by atoms with Crippen molar-refractivity contribution in [3.05, 3.63) is 96.2 Å². The van der Waals surface area contributed by atoms with Gasteiger partial charge in [0.1, 0.15) is 22.8 Å². The van der Waals surface area contributed by atoms with Crippen LogP contribution in [0.3, 0.4) is 0 Å². The van der Waals surface area contributed by atoms with Crippen molar-refractivity contribution in [3.8, 4) is 23.2 Å². The van der Waals surface area contributed by atoms with Crippen LogP contribution in [0.5, 0.6) is 17.4 Å². The van der Waals surface area contributed by atoms with Crippen LogP contribution < -0.4 is 4.74 Å². The number of para-hydroxylation sites is 2. The molecule has 6 aromatic rings. The third kappa shape index (κ3) is 3.31. The molecule has 5 nitrogen and oxygen atoms in total. The fourth-order valence-corrected chi connectivity index (χ4v) is 5.36. The second kappa shape index (κ2) is 8.09. The van der Waals surface area contributed by atoms with Gasteiger partial charge >= 0.3 is 0 Å². The standard InChI is InChI=1S/C31H25N3O2/c1-2-19-16-21(36-29-18-24(20-13-14-20)22-9-7-11-27(35)31(22)33-29)17-26-30(19)23-8-3-4-10-25(23)34(26)28-12-5-6-15-32-28/h3-12,15-18,20,35H,2,13-14H2,1H3. The highest BCUT2D eigenvalue weighted by atomic mass is 16.5. The van der Waals surface area contributed by atoms with E-state index in [1.165, 1.54) is 21.9 Å². The lowest BCUT2D eigenvalue weighted by molar-refractivity contribution is 0.459. The van der Waals surface area contributed by atoms with Crippen LogP contribution in [0.2, 0.25) is 0 Å². The quantitative estimate of drug-likeness (QED) is 0.280. The first-order valence-corrected chi connectivity index (χ1v) is 12.5. The van der Waals surface area contributed by atoms with Crippen molar-refractivity contribution in [2.45, 2.75) is 32.1 Å². The first kappa shape index (κ1) is 20.9. The predicted molar refractivity (Wildman–Crippen MR) is 143 cm³/mol. The van der Waals surface area contributed by atoms with E-state index >= 15 is 0 Å². The van der Waals surface area contributed by atoms with Gasteiger partial charge < -0.3 is 9.84 Å². The molecule has 3 aromatic heterocycles. The van der Waals surface area contributed by atoms with Gasteiger partial charge in [-0.15, -0.1) is 0 Å². The number of fused-ring (bicyclic) bond motifs is 4. The molecule has 3 aromatic carbocycles. The molecule has 3 heterocycles. The average molecular weight is 472 g/mol. The van der Waals surface area contributed by atoms with Gasteiger partial charge in [0.15, 0.2) is 0 Å². The van der Waals surface area contributed by atoms with Crippen molar-refractivity contribution in [2.75, 3.05) is 0 Å². The molecule has 0 aliphatic heterocycles. The van der Waals surface area contributed by atoms with Crippen molar-refractivity contribution >= 4 is 32.7 Å². The van der Waals surface area contributed by atoms with E-state index in [0.29, 0.717) is 17.3 Å². The van der Waals surface area contributed by atoms with E-state index in [4.69, 9.17) is 9.72 Å². The van der Waals surface area contributed by atoms with Crippen LogP contribution in [0.15, 0.2) is 85.1 Å². The fourth-order valence-electron chi connectivity index (χ4n) is 5.36. The topological polar surface area (TPSA) is 60.2 Å². The largest absolute Gasteiger partial charge is 0.506 e. The van der Waals surface area contributed by atoms with Crippen LogP contribution in [-0.2, 0) is 6.42 Å². The Morgan fingerprint density at radius 2 is 1.75 bits per heavy atom. The van der Waals surface area contributed by atoms with Gasteiger partial charge in [-0.3, -0.25) is 4.57 Å². The van der Waals surface area contributed by atoms with Crippen molar-refractivity contribution in [2.24, 2.45) is 0 Å². The maximum Gasteiger partial charge on any atom is 0.220 e. The second-order valence-corrected chi connectivity index (χ2v) is 9.47. The first-order chi connectivity index (χ1) is 17.7. The number of phenolic OH excluding ortho intramolecular Hbond substituents is 1. The van der Waals surface area contributed by atoms with Gasteiger partial charge in [0.25, 0.3) is 0 Å². The van der Waals surface area contributed by atoms with Gasteiger partial charge in [-0.1, -0.05) is 43.3 Å². The van der Waals surface area contributed by atoms with E-state index in [2.05, 4.69) is 52.9 Å². The second-order valence-electron chi connectivity index (χ2n) is 9.47. The van der Waals surface area contributed by atoms with Crippen LogP contribution in [0.1, 0.15) is 36.8 Å². The summed E-state index contributed by atoms with van der Waals surface area (Å²) in [6, 6.07) is 26.3. The number of nitrogens with zero attached hydrogens (tertiary/aromatic N) is 3. The molecule has 0 spiro atoms. The van der Waals surface area contributed by atoms with Gasteiger partial charge in [-0.05, 0) is 66.6 Å². The number of hydrogen-bond donors (Lipinski definition) is 1. The molecule has 0 radical (unpaired) electrons. The molecule has 176 valence electrons. The minimum Gasteiger partial charge on any atom is -0.506 e. The number of benzene rings is 3. The van der Waals surface area contributed by atoms with E-state index in [1.807, 2.05) is 42.6 Å². The molecular formula is C31H25N3O2. The smallest absolute Gasteiger partial charge is 0.220 e. The van der Waals surface area contributed by atoms with E-state index in [0.717, 1.165) is 47.2 Å². The zero-order chi connectivity index (χ0) is 24.2. The Morgan fingerprint density at radius 1 is 0.917 bits per heavy atom. The van der Waals surface area contributed by atoms with E-state index in [9.17, 15) is 5.11 Å².